The number of aryl methyl sites for hydroxylation is 1. The maximum Gasteiger partial charge on any atom is 0.326 e. The first-order chi connectivity index (χ1) is 9.27. The minimum atomic E-state index is -0.821. The average Bonchev–Trinajstić information content (AvgIpc) is 2.72. The van der Waals surface area contributed by atoms with Crippen molar-refractivity contribution in [3.05, 3.63) is 30.4 Å². The smallest absolute Gasteiger partial charge is 0.326 e. The van der Waals surface area contributed by atoms with E-state index in [1.54, 1.807) is 17.0 Å². The summed E-state index contributed by atoms with van der Waals surface area (Å²) in [5.74, 6) is 0.557. The van der Waals surface area contributed by atoms with Crippen LogP contribution >= 0.6 is 0 Å². The van der Waals surface area contributed by atoms with Gasteiger partial charge in [0, 0.05) is 24.4 Å². The van der Waals surface area contributed by atoms with E-state index in [1.165, 1.54) is 0 Å². The van der Waals surface area contributed by atoms with Crippen LogP contribution in [0.2, 0.25) is 0 Å². The standard InChI is InChI=1S/C13H14N4O2/c18-13(19)10-3-1-2-4-11-15-16-12(17(10)11)9-5-7-14-8-6-9/h5-8,10H,1-4H2,(H,18,19). The molecule has 6 nitrogen and oxygen atoms in total. The third-order valence-electron chi connectivity index (χ3n) is 3.43. The Morgan fingerprint density at radius 3 is 2.79 bits per heavy atom. The first kappa shape index (κ1) is 11.8. The summed E-state index contributed by atoms with van der Waals surface area (Å²) in [5, 5.41) is 17.7. The lowest BCUT2D eigenvalue weighted by atomic mass is 10.1. The fraction of sp³-hybridized carbons (Fsp3) is 0.385. The molecule has 0 radical (unpaired) electrons. The highest BCUT2D eigenvalue weighted by molar-refractivity contribution is 5.73. The van der Waals surface area contributed by atoms with E-state index in [1.807, 2.05) is 12.1 Å². The molecule has 2 aromatic heterocycles. The van der Waals surface area contributed by atoms with Gasteiger partial charge in [-0.05, 0) is 25.0 Å². The van der Waals surface area contributed by atoms with Gasteiger partial charge in [-0.25, -0.2) is 4.79 Å². The summed E-state index contributed by atoms with van der Waals surface area (Å²) in [6.07, 6.45) is 6.60. The largest absolute Gasteiger partial charge is 0.480 e. The average molecular weight is 258 g/mol. The third kappa shape index (κ3) is 2.09. The number of rotatable bonds is 2. The van der Waals surface area contributed by atoms with Gasteiger partial charge >= 0.3 is 5.97 Å². The van der Waals surface area contributed by atoms with E-state index in [0.717, 1.165) is 30.7 Å². The van der Waals surface area contributed by atoms with Gasteiger partial charge in [0.2, 0.25) is 0 Å². The maximum atomic E-state index is 11.5. The lowest BCUT2D eigenvalue weighted by Crippen LogP contribution is -2.20. The number of carboxylic acids is 1. The normalized spacial score (nSPS) is 18.6. The number of hydrogen-bond acceptors (Lipinski definition) is 4. The Morgan fingerprint density at radius 2 is 2.05 bits per heavy atom. The third-order valence-corrected chi connectivity index (χ3v) is 3.43. The van der Waals surface area contributed by atoms with Gasteiger partial charge in [0.1, 0.15) is 11.9 Å². The van der Waals surface area contributed by atoms with Crippen molar-refractivity contribution in [1.82, 2.24) is 19.7 Å². The Morgan fingerprint density at radius 1 is 1.26 bits per heavy atom. The van der Waals surface area contributed by atoms with Crippen LogP contribution in [0, 0.1) is 0 Å². The molecule has 0 spiro atoms. The molecule has 19 heavy (non-hydrogen) atoms. The number of aliphatic carboxylic acids is 1. The zero-order valence-corrected chi connectivity index (χ0v) is 10.4. The lowest BCUT2D eigenvalue weighted by Gasteiger charge is -2.15. The zero-order valence-electron chi connectivity index (χ0n) is 10.4. The number of aromatic nitrogens is 4. The van der Waals surface area contributed by atoms with Gasteiger partial charge in [-0.15, -0.1) is 10.2 Å². The monoisotopic (exact) mass is 258 g/mol. The van der Waals surface area contributed by atoms with E-state index in [9.17, 15) is 9.90 Å². The number of hydrogen-bond donors (Lipinski definition) is 1. The molecule has 3 heterocycles. The summed E-state index contributed by atoms with van der Waals surface area (Å²) in [6, 6.07) is 3.07. The molecule has 0 fully saturated rings. The van der Waals surface area contributed by atoms with Gasteiger partial charge in [-0.2, -0.15) is 0 Å². The summed E-state index contributed by atoms with van der Waals surface area (Å²) in [7, 11) is 0. The molecular weight excluding hydrogens is 244 g/mol. The fourth-order valence-electron chi connectivity index (χ4n) is 2.50. The van der Waals surface area contributed by atoms with Gasteiger partial charge < -0.3 is 5.11 Å². The molecule has 0 aromatic carbocycles. The van der Waals surface area contributed by atoms with Crippen LogP contribution in [0.4, 0.5) is 0 Å². The molecule has 6 heteroatoms. The van der Waals surface area contributed by atoms with Gasteiger partial charge in [0.05, 0.1) is 0 Å². The second kappa shape index (κ2) is 4.79. The Kier molecular flexibility index (Phi) is 2.98. The van der Waals surface area contributed by atoms with Crippen molar-refractivity contribution in [2.75, 3.05) is 0 Å². The van der Waals surface area contributed by atoms with Crippen LogP contribution in [0.5, 0.6) is 0 Å². The van der Waals surface area contributed by atoms with Crippen LogP contribution in [0.25, 0.3) is 11.4 Å². The van der Waals surface area contributed by atoms with Crippen molar-refractivity contribution < 1.29 is 9.90 Å². The van der Waals surface area contributed by atoms with Crippen molar-refractivity contribution in [2.45, 2.75) is 31.7 Å². The van der Waals surface area contributed by atoms with Crippen LogP contribution in [0.15, 0.2) is 24.5 Å². The molecule has 1 aliphatic heterocycles. The molecule has 0 saturated carbocycles. The van der Waals surface area contributed by atoms with Crippen molar-refractivity contribution in [3.8, 4) is 11.4 Å². The SMILES string of the molecule is O=C(O)C1CCCCc2nnc(-c3ccncc3)n21. The van der Waals surface area contributed by atoms with E-state index in [4.69, 9.17) is 0 Å². The number of fused-ring (bicyclic) bond motifs is 1. The van der Waals surface area contributed by atoms with Gasteiger partial charge in [-0.3, -0.25) is 9.55 Å². The Bertz CT molecular complexity index is 594. The van der Waals surface area contributed by atoms with E-state index in [-0.39, 0.29) is 0 Å². The minimum Gasteiger partial charge on any atom is -0.480 e. The molecule has 0 amide bonds. The first-order valence-electron chi connectivity index (χ1n) is 6.34. The fourth-order valence-corrected chi connectivity index (χ4v) is 2.50. The molecule has 1 N–H and O–H groups in total. The predicted molar refractivity (Wildman–Crippen MR) is 67.5 cm³/mol. The van der Waals surface area contributed by atoms with Crippen LogP contribution in [0.3, 0.4) is 0 Å². The van der Waals surface area contributed by atoms with Crippen LogP contribution in [0.1, 0.15) is 31.1 Å². The Hall–Kier alpha value is -2.24. The molecule has 0 saturated heterocycles. The predicted octanol–water partition coefficient (Wildman–Crippen LogP) is 1.69. The topological polar surface area (TPSA) is 80.9 Å². The van der Waals surface area contributed by atoms with Crippen molar-refractivity contribution in [2.24, 2.45) is 0 Å². The van der Waals surface area contributed by atoms with Crippen molar-refractivity contribution in [3.63, 3.8) is 0 Å². The van der Waals surface area contributed by atoms with E-state index < -0.39 is 12.0 Å². The van der Waals surface area contributed by atoms with Crippen molar-refractivity contribution in [1.29, 1.82) is 0 Å². The molecule has 0 bridgehead atoms. The minimum absolute atomic E-state index is 0.573. The quantitative estimate of drug-likeness (QED) is 0.886. The summed E-state index contributed by atoms with van der Waals surface area (Å²) in [6.45, 7) is 0. The van der Waals surface area contributed by atoms with E-state index in [2.05, 4.69) is 15.2 Å². The Labute approximate surface area is 110 Å². The molecule has 2 aromatic rings. The van der Waals surface area contributed by atoms with Gasteiger partial charge in [0.15, 0.2) is 5.82 Å². The zero-order chi connectivity index (χ0) is 13.2. The molecular formula is C13H14N4O2. The Balaban J connectivity index is 2.13. The summed E-state index contributed by atoms with van der Waals surface area (Å²) in [5.41, 5.74) is 0.849. The van der Waals surface area contributed by atoms with Crippen LogP contribution in [-0.4, -0.2) is 30.8 Å². The van der Waals surface area contributed by atoms with Crippen LogP contribution < -0.4 is 0 Å². The molecule has 1 unspecified atom stereocenters. The van der Waals surface area contributed by atoms with E-state index >= 15 is 0 Å². The highest BCUT2D eigenvalue weighted by Gasteiger charge is 2.28. The molecule has 1 atom stereocenters. The summed E-state index contributed by atoms with van der Waals surface area (Å²) < 4.78 is 1.77. The number of pyridine rings is 1. The number of nitrogens with zero attached hydrogens (tertiary/aromatic N) is 4. The summed E-state index contributed by atoms with van der Waals surface area (Å²) in [4.78, 5) is 15.4. The lowest BCUT2D eigenvalue weighted by molar-refractivity contribution is -0.141. The van der Waals surface area contributed by atoms with Crippen molar-refractivity contribution >= 4 is 5.97 Å². The molecule has 98 valence electrons. The maximum absolute atomic E-state index is 11.5. The number of carbonyl (C=O) groups is 1. The highest BCUT2D eigenvalue weighted by Crippen LogP contribution is 2.29. The second-order valence-electron chi connectivity index (χ2n) is 4.65. The second-order valence-corrected chi connectivity index (χ2v) is 4.65. The highest BCUT2D eigenvalue weighted by atomic mass is 16.4. The van der Waals surface area contributed by atoms with E-state index in [0.29, 0.717) is 12.2 Å². The van der Waals surface area contributed by atoms with Gasteiger partial charge in [0.25, 0.3) is 0 Å². The first-order valence-corrected chi connectivity index (χ1v) is 6.34. The van der Waals surface area contributed by atoms with Gasteiger partial charge in [-0.1, -0.05) is 6.42 Å². The summed E-state index contributed by atoms with van der Waals surface area (Å²) >= 11 is 0. The molecule has 0 aliphatic carbocycles. The molecule has 1 aliphatic rings. The van der Waals surface area contributed by atoms with Crippen LogP contribution in [-0.2, 0) is 11.2 Å². The number of carboxylic acid groups (broad SMARTS) is 1. The molecule has 3 rings (SSSR count).